The molecule has 8 rings (SSSR count). The Kier molecular flexibility index (Phi) is 18.8. The van der Waals surface area contributed by atoms with Crippen LogP contribution in [0.2, 0.25) is 0 Å². The highest BCUT2D eigenvalue weighted by Gasteiger charge is 2.09. The zero-order chi connectivity index (χ0) is 39.3. The van der Waals surface area contributed by atoms with Gasteiger partial charge in [0, 0.05) is 0 Å². The Morgan fingerprint density at radius 3 is 0.815 bits per heavy atom. The molecule has 8 aromatic rings. The van der Waals surface area contributed by atoms with Gasteiger partial charge in [-0.1, -0.05) is 239 Å². The Balaban J connectivity index is 0.000000226. The first-order chi connectivity index (χ1) is 26.3. The molecule has 0 heteroatoms. The zero-order valence-corrected chi connectivity index (χ0v) is 34.8. The Labute approximate surface area is 327 Å². The molecule has 0 aliphatic heterocycles. The van der Waals surface area contributed by atoms with Gasteiger partial charge in [-0.2, -0.15) is 0 Å². The third kappa shape index (κ3) is 11.4. The van der Waals surface area contributed by atoms with Crippen molar-refractivity contribution in [1.82, 2.24) is 0 Å². The fraction of sp³-hybridized carbons (Fsp3) is 0.259. The first kappa shape index (κ1) is 43.2. The van der Waals surface area contributed by atoms with Crippen LogP contribution in [-0.4, -0.2) is 0 Å². The number of rotatable bonds is 2. The minimum atomic E-state index is 1.25. The van der Waals surface area contributed by atoms with Crippen LogP contribution < -0.4 is 0 Å². The van der Waals surface area contributed by atoms with Crippen LogP contribution >= 0.6 is 0 Å². The highest BCUT2D eigenvalue weighted by molar-refractivity contribution is 6.07. The summed E-state index contributed by atoms with van der Waals surface area (Å²) in [6, 6.07) is 56.5. The topological polar surface area (TPSA) is 0 Å². The van der Waals surface area contributed by atoms with E-state index in [9.17, 15) is 0 Å². The number of hydrogen-bond donors (Lipinski definition) is 0. The fourth-order valence-corrected chi connectivity index (χ4v) is 6.29. The lowest BCUT2D eigenvalue weighted by Gasteiger charge is -2.11. The fourth-order valence-electron chi connectivity index (χ4n) is 6.29. The molecule has 0 aliphatic rings. The van der Waals surface area contributed by atoms with Crippen molar-refractivity contribution in [1.29, 1.82) is 0 Å². The lowest BCUT2D eigenvalue weighted by atomic mass is 9.92. The van der Waals surface area contributed by atoms with Crippen molar-refractivity contribution in [2.24, 2.45) is 0 Å². The number of aryl methyl sites for hydroxylation is 2. The van der Waals surface area contributed by atoms with Crippen LogP contribution in [0.1, 0.15) is 92.2 Å². The van der Waals surface area contributed by atoms with E-state index in [0.29, 0.717) is 0 Å². The SMILES string of the molecule is CCC.CCC.CCC.CCC.Cc1ccc(-c2cccc3ccccc23)c2ccccc12.Cc1ccc(-c2cccc3ccccc23)c2ccccc12. The van der Waals surface area contributed by atoms with Gasteiger partial charge in [-0.05, 0) is 90.3 Å². The van der Waals surface area contributed by atoms with E-state index < -0.39 is 0 Å². The average Bonchev–Trinajstić information content (AvgIpc) is 3.20. The highest BCUT2D eigenvalue weighted by atomic mass is 14.1. The highest BCUT2D eigenvalue weighted by Crippen LogP contribution is 2.36. The standard InChI is InChI=1S/2C21H16.4C3H8/c2*1-15-13-14-21(19-11-5-4-9-17(15)19)20-12-6-8-16-7-2-3-10-18(16)20;4*1-3-2/h2*2-14H,1H3;4*3H2,1-2H3. The zero-order valence-electron chi connectivity index (χ0n) is 34.8. The normalized spacial score (nSPS) is 9.96. The van der Waals surface area contributed by atoms with Crippen LogP contribution in [0.5, 0.6) is 0 Å². The molecule has 0 bridgehead atoms. The number of hydrogen-bond acceptors (Lipinski definition) is 0. The number of fused-ring (bicyclic) bond motifs is 4. The lowest BCUT2D eigenvalue weighted by molar-refractivity contribution is 1.09. The van der Waals surface area contributed by atoms with Crippen LogP contribution in [0.15, 0.2) is 158 Å². The molecule has 0 aromatic heterocycles. The maximum absolute atomic E-state index is 2.25. The van der Waals surface area contributed by atoms with E-state index in [4.69, 9.17) is 0 Å². The Bertz CT molecular complexity index is 2110. The molecule has 0 spiro atoms. The molecule has 0 atom stereocenters. The van der Waals surface area contributed by atoms with E-state index in [-0.39, 0.29) is 0 Å². The Hall–Kier alpha value is -5.20. The molecule has 0 saturated carbocycles. The van der Waals surface area contributed by atoms with Crippen molar-refractivity contribution in [3.63, 3.8) is 0 Å². The van der Waals surface area contributed by atoms with E-state index >= 15 is 0 Å². The average molecular weight is 713 g/mol. The van der Waals surface area contributed by atoms with Gasteiger partial charge in [0.15, 0.2) is 0 Å². The van der Waals surface area contributed by atoms with Crippen LogP contribution in [0, 0.1) is 13.8 Å². The first-order valence-corrected chi connectivity index (χ1v) is 20.3. The van der Waals surface area contributed by atoms with Crippen molar-refractivity contribution in [2.45, 2.75) is 94.9 Å². The van der Waals surface area contributed by atoms with Crippen LogP contribution in [0.25, 0.3) is 65.3 Å². The quantitative estimate of drug-likeness (QED) is 0.167. The van der Waals surface area contributed by atoms with Gasteiger partial charge in [0.2, 0.25) is 0 Å². The van der Waals surface area contributed by atoms with Crippen molar-refractivity contribution >= 4 is 43.1 Å². The summed E-state index contributed by atoms with van der Waals surface area (Å²) >= 11 is 0. The molecule has 0 radical (unpaired) electrons. The molecule has 0 N–H and O–H groups in total. The maximum atomic E-state index is 2.25. The monoisotopic (exact) mass is 713 g/mol. The van der Waals surface area contributed by atoms with Crippen molar-refractivity contribution in [3.8, 4) is 22.3 Å². The van der Waals surface area contributed by atoms with Crippen LogP contribution in [0.4, 0.5) is 0 Å². The molecule has 0 amide bonds. The molecule has 0 nitrogen and oxygen atoms in total. The molecule has 0 heterocycles. The summed E-state index contributed by atoms with van der Waals surface area (Å²) in [5.41, 5.74) is 7.90. The van der Waals surface area contributed by atoms with Crippen LogP contribution in [0.3, 0.4) is 0 Å². The van der Waals surface area contributed by atoms with Gasteiger partial charge in [-0.25, -0.2) is 0 Å². The van der Waals surface area contributed by atoms with E-state index in [0.717, 1.165) is 0 Å². The Morgan fingerprint density at radius 1 is 0.241 bits per heavy atom. The summed E-state index contributed by atoms with van der Waals surface area (Å²) in [4.78, 5) is 0. The second-order valence-electron chi connectivity index (χ2n) is 13.8. The molecule has 280 valence electrons. The summed E-state index contributed by atoms with van der Waals surface area (Å²) in [7, 11) is 0. The third-order valence-electron chi connectivity index (χ3n) is 8.44. The number of benzene rings is 8. The van der Waals surface area contributed by atoms with Gasteiger partial charge >= 0.3 is 0 Å². The van der Waals surface area contributed by atoms with E-state index in [1.54, 1.807) is 0 Å². The van der Waals surface area contributed by atoms with E-state index in [1.807, 2.05) is 0 Å². The molecule has 0 aliphatic carbocycles. The van der Waals surface area contributed by atoms with Gasteiger partial charge in [0.05, 0.1) is 0 Å². The van der Waals surface area contributed by atoms with Crippen molar-refractivity contribution in [2.75, 3.05) is 0 Å². The second kappa shape index (κ2) is 23.5. The van der Waals surface area contributed by atoms with Gasteiger partial charge in [0.25, 0.3) is 0 Å². The van der Waals surface area contributed by atoms with Gasteiger partial charge in [0.1, 0.15) is 0 Å². The predicted octanol–water partition coefficient (Wildman–Crippen LogP) is 17.6. The van der Waals surface area contributed by atoms with Gasteiger partial charge < -0.3 is 0 Å². The molecule has 8 aromatic carbocycles. The molecule has 54 heavy (non-hydrogen) atoms. The van der Waals surface area contributed by atoms with Gasteiger partial charge in [-0.3, -0.25) is 0 Å². The minimum absolute atomic E-state index is 1.25. The van der Waals surface area contributed by atoms with E-state index in [1.165, 1.54) is 102 Å². The Morgan fingerprint density at radius 2 is 0.481 bits per heavy atom. The van der Waals surface area contributed by atoms with Gasteiger partial charge in [-0.15, -0.1) is 0 Å². The third-order valence-corrected chi connectivity index (χ3v) is 8.44. The van der Waals surface area contributed by atoms with Crippen molar-refractivity contribution < 1.29 is 0 Å². The summed E-state index contributed by atoms with van der Waals surface area (Å²) in [5, 5.41) is 10.5. The molecule has 0 fully saturated rings. The predicted molar refractivity (Wildman–Crippen MR) is 247 cm³/mol. The molecular formula is C54H64. The van der Waals surface area contributed by atoms with Crippen LogP contribution in [-0.2, 0) is 0 Å². The molecule has 0 saturated heterocycles. The first-order valence-electron chi connectivity index (χ1n) is 20.3. The smallest absolute Gasteiger partial charge is 0.00990 e. The summed E-state index contributed by atoms with van der Waals surface area (Å²) in [6.45, 7) is 21.4. The van der Waals surface area contributed by atoms with E-state index in [2.05, 4.69) is 227 Å². The maximum Gasteiger partial charge on any atom is -0.00990 e. The summed E-state index contributed by atoms with van der Waals surface area (Å²) in [5.74, 6) is 0. The minimum Gasteiger partial charge on any atom is -0.0656 e. The molecular weight excluding hydrogens is 649 g/mol. The summed E-state index contributed by atoms with van der Waals surface area (Å²) in [6.07, 6.45) is 5.00. The summed E-state index contributed by atoms with van der Waals surface area (Å²) < 4.78 is 0. The molecule has 0 unspecified atom stereocenters. The largest absolute Gasteiger partial charge is 0.0656 e. The lowest BCUT2D eigenvalue weighted by Crippen LogP contribution is -1.86. The van der Waals surface area contributed by atoms with Crippen molar-refractivity contribution in [3.05, 3.63) is 169 Å². The second-order valence-corrected chi connectivity index (χ2v) is 13.8.